The van der Waals surface area contributed by atoms with Crippen molar-refractivity contribution in [3.63, 3.8) is 0 Å². The molecule has 2 heterocycles. The maximum absolute atomic E-state index is 12.6. The van der Waals surface area contributed by atoms with Gasteiger partial charge in [-0.15, -0.1) is 0 Å². The number of halogens is 1. The van der Waals surface area contributed by atoms with Gasteiger partial charge < -0.3 is 19.9 Å². The van der Waals surface area contributed by atoms with Crippen LogP contribution in [0.5, 0.6) is 5.75 Å². The Morgan fingerprint density at radius 3 is 2.33 bits per heavy atom. The number of hydrogen-bond acceptors (Lipinski definition) is 5. The summed E-state index contributed by atoms with van der Waals surface area (Å²) in [4.78, 5) is 31.5. The van der Waals surface area contributed by atoms with Gasteiger partial charge in [0.1, 0.15) is 5.75 Å². The topological polar surface area (TPSA) is 65.1 Å². The molecule has 30 heavy (non-hydrogen) atoms. The molecule has 2 aliphatic heterocycles. The van der Waals surface area contributed by atoms with Crippen LogP contribution in [0.1, 0.15) is 32.1 Å². The second kappa shape index (κ2) is 11.5. The Labute approximate surface area is 184 Å². The highest BCUT2D eigenvalue weighted by Gasteiger charge is 2.22. The maximum atomic E-state index is 12.6. The highest BCUT2D eigenvalue weighted by Crippen LogP contribution is 2.27. The average Bonchev–Trinajstić information content (AvgIpc) is 3.03. The van der Waals surface area contributed by atoms with Gasteiger partial charge in [0.2, 0.25) is 11.8 Å². The van der Waals surface area contributed by atoms with Crippen LogP contribution in [0.2, 0.25) is 5.02 Å². The summed E-state index contributed by atoms with van der Waals surface area (Å²) in [6.45, 7) is 6.51. The molecule has 1 aromatic rings. The lowest BCUT2D eigenvalue weighted by atomic mass is 10.2. The van der Waals surface area contributed by atoms with Crippen LogP contribution >= 0.6 is 11.6 Å². The van der Waals surface area contributed by atoms with Crippen LogP contribution in [0.25, 0.3) is 0 Å². The number of carbonyl (C=O) groups is 2. The number of benzene rings is 1. The minimum absolute atomic E-state index is 0.0608. The number of likely N-dealkylation sites (tertiary alicyclic amines) is 1. The summed E-state index contributed by atoms with van der Waals surface area (Å²) in [6, 6.07) is 5.16. The number of anilines is 1. The lowest BCUT2D eigenvalue weighted by Gasteiger charge is -2.35. The summed E-state index contributed by atoms with van der Waals surface area (Å²) in [5.74, 6) is 0.796. The Hall–Kier alpha value is -1.83. The highest BCUT2D eigenvalue weighted by molar-refractivity contribution is 6.31. The lowest BCUT2D eigenvalue weighted by molar-refractivity contribution is -0.132. The minimum Gasteiger partial charge on any atom is -0.495 e. The zero-order valence-corrected chi connectivity index (χ0v) is 18.6. The highest BCUT2D eigenvalue weighted by atomic mass is 35.5. The molecule has 1 N–H and O–H groups in total. The summed E-state index contributed by atoms with van der Waals surface area (Å²) >= 11 is 6.02. The molecular weight excluding hydrogens is 404 g/mol. The first kappa shape index (κ1) is 22.8. The molecular formula is C22H33ClN4O3. The van der Waals surface area contributed by atoms with Gasteiger partial charge in [-0.1, -0.05) is 24.4 Å². The van der Waals surface area contributed by atoms with E-state index in [4.69, 9.17) is 16.3 Å². The predicted octanol–water partition coefficient (Wildman–Crippen LogP) is 2.70. The molecule has 0 radical (unpaired) electrons. The van der Waals surface area contributed by atoms with E-state index in [0.29, 0.717) is 36.0 Å². The van der Waals surface area contributed by atoms with Crippen molar-refractivity contribution in [1.82, 2.24) is 14.7 Å². The molecule has 2 saturated heterocycles. The van der Waals surface area contributed by atoms with Crippen LogP contribution in [-0.2, 0) is 9.59 Å². The standard InChI is InChI=1S/C22H33ClN4O3/c1-30-20-7-6-18(23)16-19(20)24-21(28)8-11-25-12-14-26(15-13-25)17-22(29)27-9-4-2-3-5-10-27/h6-7,16H,2-5,8-15,17H2,1H3,(H,24,28). The molecule has 0 atom stereocenters. The van der Waals surface area contributed by atoms with Gasteiger partial charge >= 0.3 is 0 Å². The van der Waals surface area contributed by atoms with Crippen LogP contribution < -0.4 is 10.1 Å². The van der Waals surface area contributed by atoms with Gasteiger partial charge in [0.25, 0.3) is 0 Å². The Morgan fingerprint density at radius 2 is 1.67 bits per heavy atom. The molecule has 0 aliphatic carbocycles. The monoisotopic (exact) mass is 436 g/mol. The fourth-order valence-corrected chi connectivity index (χ4v) is 4.20. The van der Waals surface area contributed by atoms with Crippen LogP contribution in [0.15, 0.2) is 18.2 Å². The van der Waals surface area contributed by atoms with E-state index in [1.807, 2.05) is 4.90 Å². The first-order valence-corrected chi connectivity index (χ1v) is 11.3. The molecule has 8 heteroatoms. The van der Waals surface area contributed by atoms with E-state index >= 15 is 0 Å². The first-order valence-electron chi connectivity index (χ1n) is 10.9. The molecule has 0 bridgehead atoms. The van der Waals surface area contributed by atoms with Gasteiger partial charge in [0, 0.05) is 57.3 Å². The molecule has 2 fully saturated rings. The van der Waals surface area contributed by atoms with E-state index in [1.165, 1.54) is 12.8 Å². The zero-order chi connectivity index (χ0) is 21.3. The normalized spacial score (nSPS) is 18.7. The summed E-state index contributed by atoms with van der Waals surface area (Å²) in [6.07, 6.45) is 5.13. The number of amides is 2. The molecule has 0 aromatic heterocycles. The van der Waals surface area contributed by atoms with Crippen LogP contribution in [0, 0.1) is 0 Å². The van der Waals surface area contributed by atoms with E-state index in [-0.39, 0.29) is 11.8 Å². The SMILES string of the molecule is COc1ccc(Cl)cc1NC(=O)CCN1CCN(CC(=O)N2CCCCCC2)CC1. The number of carbonyl (C=O) groups excluding carboxylic acids is 2. The third-order valence-electron chi connectivity index (χ3n) is 5.87. The summed E-state index contributed by atoms with van der Waals surface area (Å²) in [5.41, 5.74) is 0.590. The van der Waals surface area contributed by atoms with Crippen molar-refractivity contribution >= 4 is 29.1 Å². The number of methoxy groups -OCH3 is 1. The lowest BCUT2D eigenvalue weighted by Crippen LogP contribution is -2.50. The van der Waals surface area contributed by atoms with Crippen LogP contribution in [0.4, 0.5) is 5.69 Å². The maximum Gasteiger partial charge on any atom is 0.236 e. The van der Waals surface area contributed by atoms with Gasteiger partial charge in [0.05, 0.1) is 19.3 Å². The van der Waals surface area contributed by atoms with Gasteiger partial charge in [-0.05, 0) is 31.0 Å². The minimum atomic E-state index is -0.0608. The zero-order valence-electron chi connectivity index (χ0n) is 17.9. The molecule has 7 nitrogen and oxygen atoms in total. The Bertz CT molecular complexity index is 714. The van der Waals surface area contributed by atoms with Gasteiger partial charge in [-0.2, -0.15) is 0 Å². The van der Waals surface area contributed by atoms with Gasteiger partial charge in [-0.3, -0.25) is 14.5 Å². The van der Waals surface area contributed by atoms with E-state index < -0.39 is 0 Å². The van der Waals surface area contributed by atoms with Gasteiger partial charge in [-0.25, -0.2) is 0 Å². The smallest absolute Gasteiger partial charge is 0.236 e. The summed E-state index contributed by atoms with van der Waals surface area (Å²) in [5, 5.41) is 3.44. The van der Waals surface area contributed by atoms with Crippen molar-refractivity contribution < 1.29 is 14.3 Å². The number of nitrogens with zero attached hydrogens (tertiary/aromatic N) is 3. The van der Waals surface area contributed by atoms with Crippen molar-refractivity contribution in [3.8, 4) is 5.75 Å². The van der Waals surface area contributed by atoms with Crippen molar-refractivity contribution in [2.75, 3.05) is 64.8 Å². The van der Waals surface area contributed by atoms with Crippen LogP contribution in [-0.4, -0.2) is 86.0 Å². The van der Waals surface area contributed by atoms with Crippen molar-refractivity contribution in [3.05, 3.63) is 23.2 Å². The predicted molar refractivity (Wildman–Crippen MR) is 119 cm³/mol. The third-order valence-corrected chi connectivity index (χ3v) is 6.11. The number of piperazine rings is 1. The molecule has 0 spiro atoms. The second-order valence-corrected chi connectivity index (χ2v) is 8.49. The molecule has 166 valence electrons. The number of nitrogens with one attached hydrogen (secondary N) is 1. The molecule has 1 aromatic carbocycles. The first-order chi connectivity index (χ1) is 14.5. The van der Waals surface area contributed by atoms with Crippen molar-refractivity contribution in [2.24, 2.45) is 0 Å². The Balaban J connectivity index is 1.37. The number of rotatable bonds is 7. The van der Waals surface area contributed by atoms with Crippen LogP contribution in [0.3, 0.4) is 0 Å². The fraction of sp³-hybridized carbons (Fsp3) is 0.636. The van der Waals surface area contributed by atoms with E-state index in [9.17, 15) is 9.59 Å². The molecule has 2 aliphatic rings. The van der Waals surface area contributed by atoms with Crippen molar-refractivity contribution in [1.29, 1.82) is 0 Å². The molecule has 0 unspecified atom stereocenters. The largest absolute Gasteiger partial charge is 0.495 e. The Morgan fingerprint density at radius 1 is 1.00 bits per heavy atom. The third kappa shape index (κ3) is 6.86. The summed E-state index contributed by atoms with van der Waals surface area (Å²) < 4.78 is 5.27. The molecule has 3 rings (SSSR count). The second-order valence-electron chi connectivity index (χ2n) is 8.06. The Kier molecular flexibility index (Phi) is 8.78. The molecule has 2 amide bonds. The van der Waals surface area contributed by atoms with Crippen molar-refractivity contribution in [2.45, 2.75) is 32.1 Å². The number of hydrogen-bond donors (Lipinski definition) is 1. The quantitative estimate of drug-likeness (QED) is 0.711. The molecule has 0 saturated carbocycles. The van der Waals surface area contributed by atoms with Gasteiger partial charge in [0.15, 0.2) is 0 Å². The summed E-state index contributed by atoms with van der Waals surface area (Å²) in [7, 11) is 1.57. The number of ether oxygens (including phenoxy) is 1. The fourth-order valence-electron chi connectivity index (χ4n) is 4.03. The van der Waals surface area contributed by atoms with E-state index in [0.717, 1.165) is 52.1 Å². The van der Waals surface area contributed by atoms with E-state index in [2.05, 4.69) is 15.1 Å². The average molecular weight is 437 g/mol. The van der Waals surface area contributed by atoms with E-state index in [1.54, 1.807) is 25.3 Å².